The van der Waals surface area contributed by atoms with Crippen molar-refractivity contribution in [1.82, 2.24) is 29.4 Å². The first-order valence-corrected chi connectivity index (χ1v) is 9.09. The Morgan fingerprint density at radius 3 is 2.93 bits per heavy atom. The summed E-state index contributed by atoms with van der Waals surface area (Å²) in [5.74, 6) is 0.679. The van der Waals surface area contributed by atoms with Crippen LogP contribution in [-0.2, 0) is 6.54 Å². The molecule has 4 heterocycles. The number of amides is 2. The molecule has 0 radical (unpaired) electrons. The van der Waals surface area contributed by atoms with Gasteiger partial charge in [-0.1, -0.05) is 6.07 Å². The summed E-state index contributed by atoms with van der Waals surface area (Å²) in [4.78, 5) is 18.7. The van der Waals surface area contributed by atoms with Gasteiger partial charge in [-0.15, -0.1) is 0 Å². The molecular weight excluding hydrogens is 342 g/mol. The minimum absolute atomic E-state index is 0.105. The maximum Gasteiger partial charge on any atom is 0.323 e. The zero-order chi connectivity index (χ0) is 18.8. The molecule has 1 fully saturated rings. The molecule has 8 nitrogen and oxygen atoms in total. The van der Waals surface area contributed by atoms with Crippen molar-refractivity contribution in [1.29, 1.82) is 0 Å². The van der Waals surface area contributed by atoms with Crippen LogP contribution in [0.1, 0.15) is 29.4 Å². The molecule has 3 aromatic rings. The van der Waals surface area contributed by atoms with Gasteiger partial charge in [-0.05, 0) is 38.0 Å². The second-order valence-corrected chi connectivity index (χ2v) is 6.93. The lowest BCUT2D eigenvalue weighted by Gasteiger charge is -2.18. The highest BCUT2D eigenvalue weighted by molar-refractivity contribution is 5.88. The summed E-state index contributed by atoms with van der Waals surface area (Å²) in [5, 5.41) is 11.9. The smallest absolute Gasteiger partial charge is 0.322 e. The molecule has 0 bridgehead atoms. The highest BCUT2D eigenvalue weighted by Gasteiger charge is 2.29. The highest BCUT2D eigenvalue weighted by atomic mass is 16.2. The van der Waals surface area contributed by atoms with Crippen molar-refractivity contribution >= 4 is 11.8 Å². The topological polar surface area (TPSA) is 80.9 Å². The lowest BCUT2D eigenvalue weighted by Crippen LogP contribution is -2.34. The molecule has 0 unspecified atom stereocenters. The van der Waals surface area contributed by atoms with Crippen molar-refractivity contribution in [3.8, 4) is 0 Å². The van der Waals surface area contributed by atoms with Gasteiger partial charge in [0.05, 0.1) is 24.5 Å². The van der Waals surface area contributed by atoms with E-state index in [1.807, 2.05) is 34.7 Å². The molecule has 1 aliphatic heterocycles. The molecule has 3 aromatic heterocycles. The third kappa shape index (κ3) is 3.69. The minimum atomic E-state index is -0.105. The van der Waals surface area contributed by atoms with Gasteiger partial charge in [0, 0.05) is 37.2 Å². The van der Waals surface area contributed by atoms with Crippen molar-refractivity contribution in [2.75, 3.05) is 18.4 Å². The second kappa shape index (κ2) is 7.22. The number of anilines is 1. The standard InChI is InChI=1S/C19H23N7O/c1-14-10-15(2)26(23-14)17-6-9-24(13-17)19(27)22-18-5-8-21-25(18)12-16-4-3-7-20-11-16/h3-5,7-8,10-11,17H,6,9,12-13H2,1-2H3,(H,22,27)/t17-/m0/s1. The Kier molecular flexibility index (Phi) is 4.62. The van der Waals surface area contributed by atoms with Gasteiger partial charge in [-0.2, -0.15) is 10.2 Å². The molecule has 2 amide bonds. The van der Waals surface area contributed by atoms with Crippen LogP contribution in [0.4, 0.5) is 10.6 Å². The van der Waals surface area contributed by atoms with Gasteiger partial charge in [0.2, 0.25) is 0 Å². The minimum Gasteiger partial charge on any atom is -0.322 e. The number of aryl methyl sites for hydroxylation is 2. The van der Waals surface area contributed by atoms with Crippen molar-refractivity contribution in [3.63, 3.8) is 0 Å². The molecule has 0 aromatic carbocycles. The van der Waals surface area contributed by atoms with Crippen LogP contribution in [0.15, 0.2) is 42.9 Å². The maximum atomic E-state index is 12.7. The van der Waals surface area contributed by atoms with E-state index in [-0.39, 0.29) is 12.1 Å². The summed E-state index contributed by atoms with van der Waals surface area (Å²) < 4.78 is 3.80. The molecule has 4 rings (SSSR count). The summed E-state index contributed by atoms with van der Waals surface area (Å²) in [5.41, 5.74) is 3.17. The van der Waals surface area contributed by atoms with Gasteiger partial charge in [0.15, 0.2) is 0 Å². The number of carbonyl (C=O) groups excluding carboxylic acids is 1. The normalized spacial score (nSPS) is 16.7. The third-order valence-electron chi connectivity index (χ3n) is 4.85. The second-order valence-electron chi connectivity index (χ2n) is 6.93. The maximum absolute atomic E-state index is 12.7. The van der Waals surface area contributed by atoms with Crippen LogP contribution in [0.5, 0.6) is 0 Å². The average Bonchev–Trinajstić information content (AvgIpc) is 3.37. The zero-order valence-corrected chi connectivity index (χ0v) is 15.5. The number of hydrogen-bond donors (Lipinski definition) is 1. The predicted octanol–water partition coefficient (Wildman–Crippen LogP) is 2.62. The van der Waals surface area contributed by atoms with E-state index < -0.39 is 0 Å². The van der Waals surface area contributed by atoms with E-state index in [4.69, 9.17) is 0 Å². The van der Waals surface area contributed by atoms with E-state index in [9.17, 15) is 4.79 Å². The molecule has 0 aliphatic carbocycles. The van der Waals surface area contributed by atoms with Gasteiger partial charge >= 0.3 is 6.03 Å². The first kappa shape index (κ1) is 17.3. The van der Waals surface area contributed by atoms with Crippen LogP contribution in [0.3, 0.4) is 0 Å². The number of hydrogen-bond acceptors (Lipinski definition) is 4. The highest BCUT2D eigenvalue weighted by Crippen LogP contribution is 2.23. The van der Waals surface area contributed by atoms with Gasteiger partial charge in [0.25, 0.3) is 0 Å². The predicted molar refractivity (Wildman–Crippen MR) is 102 cm³/mol. The molecule has 1 N–H and O–H groups in total. The number of carbonyl (C=O) groups is 1. The summed E-state index contributed by atoms with van der Waals surface area (Å²) in [7, 11) is 0. The molecular formula is C19H23N7O. The van der Waals surface area contributed by atoms with Crippen LogP contribution in [0, 0.1) is 13.8 Å². The summed E-state index contributed by atoms with van der Waals surface area (Å²) in [6.07, 6.45) is 6.13. The molecule has 1 atom stereocenters. The van der Waals surface area contributed by atoms with Gasteiger partial charge in [-0.3, -0.25) is 15.0 Å². The van der Waals surface area contributed by atoms with Crippen LogP contribution in [0.25, 0.3) is 0 Å². The van der Waals surface area contributed by atoms with E-state index in [1.165, 1.54) is 0 Å². The fourth-order valence-electron chi connectivity index (χ4n) is 3.56. The average molecular weight is 365 g/mol. The van der Waals surface area contributed by atoms with Gasteiger partial charge in [-0.25, -0.2) is 9.48 Å². The monoisotopic (exact) mass is 365 g/mol. The van der Waals surface area contributed by atoms with Crippen LogP contribution >= 0.6 is 0 Å². The third-order valence-corrected chi connectivity index (χ3v) is 4.85. The molecule has 1 saturated heterocycles. The molecule has 0 saturated carbocycles. The molecule has 8 heteroatoms. The first-order valence-electron chi connectivity index (χ1n) is 9.09. The SMILES string of the molecule is Cc1cc(C)n([C@H]2CCN(C(=O)Nc3ccnn3Cc3cccnc3)C2)n1. The Hall–Kier alpha value is -3.16. The zero-order valence-electron chi connectivity index (χ0n) is 15.5. The Bertz CT molecular complexity index is 931. The van der Waals surface area contributed by atoms with Crippen LogP contribution in [-0.4, -0.2) is 48.6 Å². The van der Waals surface area contributed by atoms with Crippen LogP contribution < -0.4 is 5.32 Å². The fourth-order valence-corrected chi connectivity index (χ4v) is 3.56. The summed E-state index contributed by atoms with van der Waals surface area (Å²) in [6.45, 7) is 5.98. The Balaban J connectivity index is 1.40. The quantitative estimate of drug-likeness (QED) is 0.771. The summed E-state index contributed by atoms with van der Waals surface area (Å²) in [6, 6.07) is 7.87. The van der Waals surface area contributed by atoms with Gasteiger partial charge in [0.1, 0.15) is 5.82 Å². The number of aromatic nitrogens is 5. The van der Waals surface area contributed by atoms with Crippen molar-refractivity contribution < 1.29 is 4.79 Å². The lowest BCUT2D eigenvalue weighted by molar-refractivity contribution is 0.220. The number of nitrogens with zero attached hydrogens (tertiary/aromatic N) is 6. The number of urea groups is 1. The molecule has 27 heavy (non-hydrogen) atoms. The van der Waals surface area contributed by atoms with E-state index in [0.29, 0.717) is 25.5 Å². The van der Waals surface area contributed by atoms with Gasteiger partial charge < -0.3 is 4.90 Å². The van der Waals surface area contributed by atoms with E-state index >= 15 is 0 Å². The Morgan fingerprint density at radius 2 is 2.19 bits per heavy atom. The van der Waals surface area contributed by atoms with Crippen LogP contribution in [0.2, 0.25) is 0 Å². The number of nitrogens with one attached hydrogen (secondary N) is 1. The first-order chi connectivity index (χ1) is 13.1. The Labute approximate surface area is 157 Å². The van der Waals surface area contributed by atoms with Crippen molar-refractivity contribution in [2.24, 2.45) is 0 Å². The van der Waals surface area contributed by atoms with E-state index in [2.05, 4.69) is 33.5 Å². The molecule has 140 valence electrons. The largest absolute Gasteiger partial charge is 0.323 e. The van der Waals surface area contributed by atoms with Crippen molar-refractivity contribution in [3.05, 3.63) is 59.8 Å². The number of rotatable bonds is 4. The Morgan fingerprint density at radius 1 is 1.30 bits per heavy atom. The van der Waals surface area contributed by atoms with E-state index in [0.717, 1.165) is 23.4 Å². The van der Waals surface area contributed by atoms with E-state index in [1.54, 1.807) is 23.3 Å². The summed E-state index contributed by atoms with van der Waals surface area (Å²) >= 11 is 0. The number of likely N-dealkylation sites (tertiary alicyclic amines) is 1. The molecule has 0 spiro atoms. The fraction of sp³-hybridized carbons (Fsp3) is 0.368. The molecule has 1 aliphatic rings. The van der Waals surface area contributed by atoms with Crippen molar-refractivity contribution in [2.45, 2.75) is 32.9 Å². The lowest BCUT2D eigenvalue weighted by atomic mass is 10.2. The number of pyridine rings is 1.